The summed E-state index contributed by atoms with van der Waals surface area (Å²) in [7, 11) is 0. The lowest BCUT2D eigenvalue weighted by Gasteiger charge is -2.34. The van der Waals surface area contributed by atoms with Crippen molar-refractivity contribution < 1.29 is 4.79 Å². The Balaban J connectivity index is 1.91. The van der Waals surface area contributed by atoms with Crippen molar-refractivity contribution in [2.24, 2.45) is 5.92 Å². The van der Waals surface area contributed by atoms with Gasteiger partial charge >= 0.3 is 0 Å². The summed E-state index contributed by atoms with van der Waals surface area (Å²) in [5, 5.41) is 3.33. The monoisotopic (exact) mass is 420 g/mol. The fraction of sp³-hybridized carbons (Fsp3) is 0.500. The van der Waals surface area contributed by atoms with Gasteiger partial charge in [0, 0.05) is 24.3 Å². The van der Waals surface area contributed by atoms with Crippen LogP contribution in [0.5, 0.6) is 0 Å². The zero-order valence-electron chi connectivity index (χ0n) is 19.2. The summed E-state index contributed by atoms with van der Waals surface area (Å²) < 4.78 is 0. The first kappa shape index (κ1) is 23.0. The topological polar surface area (TPSA) is 58.1 Å². The van der Waals surface area contributed by atoms with E-state index in [1.807, 2.05) is 30.3 Å². The maximum Gasteiger partial charge on any atom is 0.242 e. The lowest BCUT2D eigenvalue weighted by atomic mass is 9.94. The molecular weight excluding hydrogens is 384 g/mol. The highest BCUT2D eigenvalue weighted by Gasteiger charge is 2.29. The van der Waals surface area contributed by atoms with Crippen LogP contribution in [0.15, 0.2) is 49.2 Å². The Labute approximate surface area is 187 Å². The summed E-state index contributed by atoms with van der Waals surface area (Å²) in [6.07, 6.45) is 10.2. The van der Waals surface area contributed by atoms with E-state index in [2.05, 4.69) is 48.6 Å². The average molecular weight is 421 g/mol. The molecule has 31 heavy (non-hydrogen) atoms. The van der Waals surface area contributed by atoms with Crippen LogP contribution in [0.4, 0.5) is 5.82 Å². The Morgan fingerprint density at radius 3 is 2.65 bits per heavy atom. The molecule has 0 spiro atoms. The number of carbonyl (C=O) groups excluding carboxylic acids is 1. The molecule has 1 saturated carbocycles. The van der Waals surface area contributed by atoms with Gasteiger partial charge < -0.3 is 10.2 Å². The second kappa shape index (κ2) is 11.1. The van der Waals surface area contributed by atoms with E-state index in [1.54, 1.807) is 6.20 Å². The van der Waals surface area contributed by atoms with Gasteiger partial charge in [0.25, 0.3) is 0 Å². The van der Waals surface area contributed by atoms with Crippen LogP contribution in [0.2, 0.25) is 0 Å². The van der Waals surface area contributed by atoms with Crippen molar-refractivity contribution in [3.8, 4) is 11.4 Å². The molecule has 1 unspecified atom stereocenters. The molecule has 0 saturated heterocycles. The van der Waals surface area contributed by atoms with Crippen molar-refractivity contribution in [1.29, 1.82) is 0 Å². The van der Waals surface area contributed by atoms with E-state index in [4.69, 9.17) is 4.98 Å². The summed E-state index contributed by atoms with van der Waals surface area (Å²) in [6.45, 7) is 10.9. The van der Waals surface area contributed by atoms with E-state index in [1.165, 1.54) is 19.3 Å². The molecule has 5 nitrogen and oxygen atoms in total. The average Bonchev–Trinajstić information content (AvgIpc) is 2.77. The fourth-order valence-electron chi connectivity index (χ4n) is 4.35. The van der Waals surface area contributed by atoms with E-state index in [-0.39, 0.29) is 18.0 Å². The van der Waals surface area contributed by atoms with Crippen LogP contribution in [0.3, 0.4) is 0 Å². The number of benzene rings is 1. The van der Waals surface area contributed by atoms with Gasteiger partial charge in [0.2, 0.25) is 5.91 Å². The lowest BCUT2D eigenvalue weighted by molar-refractivity contribution is -0.123. The number of nitrogens with one attached hydrogen (secondary N) is 1. The minimum atomic E-state index is -0.292. The number of hydrogen-bond donors (Lipinski definition) is 1. The van der Waals surface area contributed by atoms with Crippen molar-refractivity contribution >= 4 is 11.7 Å². The Hall–Kier alpha value is -2.69. The summed E-state index contributed by atoms with van der Waals surface area (Å²) in [5.41, 5.74) is 2.14. The van der Waals surface area contributed by atoms with Crippen molar-refractivity contribution in [3.63, 3.8) is 0 Å². The van der Waals surface area contributed by atoms with Crippen LogP contribution in [-0.4, -0.2) is 34.5 Å². The summed E-state index contributed by atoms with van der Waals surface area (Å²) in [5.74, 6) is 1.92. The molecule has 0 bridgehead atoms. The van der Waals surface area contributed by atoms with Crippen molar-refractivity contribution in [1.82, 2.24) is 15.3 Å². The minimum absolute atomic E-state index is 0.0958. The zero-order chi connectivity index (χ0) is 22.2. The lowest BCUT2D eigenvalue weighted by Crippen LogP contribution is -2.51. The van der Waals surface area contributed by atoms with Gasteiger partial charge in [-0.05, 0) is 43.7 Å². The van der Waals surface area contributed by atoms with E-state index in [0.29, 0.717) is 18.3 Å². The summed E-state index contributed by atoms with van der Waals surface area (Å²) in [4.78, 5) is 24.9. The first-order valence-corrected chi connectivity index (χ1v) is 11.6. The standard InChI is InChI=1S/C26H36N4O/c1-5-17-30(23(18-19(2)3)26(31)28-21-12-7-6-8-13-21)24-15-16-27-25(29-24)22-14-10-9-11-20(22)4/h5,9-11,14-16,19,21,23H,1,6-8,12-13,17-18H2,2-4H3,(H,28,31). The molecule has 3 rings (SSSR count). The fourth-order valence-corrected chi connectivity index (χ4v) is 4.35. The molecule has 1 heterocycles. The van der Waals surface area contributed by atoms with Crippen LogP contribution in [0.25, 0.3) is 11.4 Å². The molecule has 1 aliphatic carbocycles. The number of anilines is 1. The normalized spacial score (nSPS) is 15.5. The Morgan fingerprint density at radius 2 is 1.97 bits per heavy atom. The SMILES string of the molecule is C=CCN(c1ccnc(-c2ccccc2C)n1)C(CC(C)C)C(=O)NC1CCCCC1. The van der Waals surface area contributed by atoms with Gasteiger partial charge in [0.15, 0.2) is 5.82 Å². The molecular formula is C26H36N4O. The Morgan fingerprint density at radius 1 is 1.23 bits per heavy atom. The molecule has 1 atom stereocenters. The van der Waals surface area contributed by atoms with Crippen LogP contribution in [0.1, 0.15) is 57.9 Å². The predicted molar refractivity (Wildman–Crippen MR) is 128 cm³/mol. The third-order valence-electron chi connectivity index (χ3n) is 5.97. The van der Waals surface area contributed by atoms with E-state index >= 15 is 0 Å². The third-order valence-corrected chi connectivity index (χ3v) is 5.97. The zero-order valence-corrected chi connectivity index (χ0v) is 19.2. The number of hydrogen-bond acceptors (Lipinski definition) is 4. The maximum atomic E-state index is 13.4. The van der Waals surface area contributed by atoms with Crippen LogP contribution in [0, 0.1) is 12.8 Å². The Kier molecular flexibility index (Phi) is 8.21. The van der Waals surface area contributed by atoms with Gasteiger partial charge in [-0.2, -0.15) is 0 Å². The second-order valence-corrected chi connectivity index (χ2v) is 8.98. The molecule has 2 aromatic rings. The second-order valence-electron chi connectivity index (χ2n) is 8.98. The van der Waals surface area contributed by atoms with Crippen molar-refractivity contribution in [3.05, 3.63) is 54.7 Å². The highest BCUT2D eigenvalue weighted by molar-refractivity contribution is 5.85. The third kappa shape index (κ3) is 6.16. The van der Waals surface area contributed by atoms with Crippen molar-refractivity contribution in [2.75, 3.05) is 11.4 Å². The maximum absolute atomic E-state index is 13.4. The molecule has 0 aliphatic heterocycles. The van der Waals surface area contributed by atoms with Gasteiger partial charge in [-0.1, -0.05) is 63.5 Å². The quantitative estimate of drug-likeness (QED) is 0.559. The molecule has 1 aliphatic rings. The molecule has 1 aromatic carbocycles. The van der Waals surface area contributed by atoms with Gasteiger partial charge in [0.05, 0.1) is 0 Å². The van der Waals surface area contributed by atoms with Gasteiger partial charge in [-0.3, -0.25) is 4.79 Å². The largest absolute Gasteiger partial charge is 0.352 e. The number of aryl methyl sites for hydroxylation is 1. The molecule has 166 valence electrons. The smallest absolute Gasteiger partial charge is 0.242 e. The number of amides is 1. The van der Waals surface area contributed by atoms with Crippen LogP contribution in [-0.2, 0) is 4.79 Å². The van der Waals surface area contributed by atoms with E-state index < -0.39 is 0 Å². The van der Waals surface area contributed by atoms with Gasteiger partial charge in [0.1, 0.15) is 11.9 Å². The first-order chi connectivity index (χ1) is 15.0. The molecule has 1 aromatic heterocycles. The number of rotatable bonds is 9. The number of aromatic nitrogens is 2. The Bertz CT molecular complexity index is 873. The highest BCUT2D eigenvalue weighted by atomic mass is 16.2. The number of nitrogens with zero attached hydrogens (tertiary/aromatic N) is 3. The summed E-state index contributed by atoms with van der Waals surface area (Å²) >= 11 is 0. The van der Waals surface area contributed by atoms with Crippen molar-refractivity contribution in [2.45, 2.75) is 71.4 Å². The number of carbonyl (C=O) groups is 1. The molecule has 1 fully saturated rings. The minimum Gasteiger partial charge on any atom is -0.352 e. The van der Waals surface area contributed by atoms with E-state index in [0.717, 1.165) is 36.2 Å². The van der Waals surface area contributed by atoms with Crippen LogP contribution >= 0.6 is 0 Å². The molecule has 5 heteroatoms. The van der Waals surface area contributed by atoms with Gasteiger partial charge in [-0.25, -0.2) is 9.97 Å². The highest BCUT2D eigenvalue weighted by Crippen LogP contribution is 2.25. The van der Waals surface area contributed by atoms with Gasteiger partial charge in [-0.15, -0.1) is 6.58 Å². The van der Waals surface area contributed by atoms with Crippen LogP contribution < -0.4 is 10.2 Å². The molecule has 1 N–H and O–H groups in total. The molecule has 0 radical (unpaired) electrons. The molecule has 1 amide bonds. The van der Waals surface area contributed by atoms with E-state index in [9.17, 15) is 4.79 Å². The predicted octanol–water partition coefficient (Wildman–Crippen LogP) is 5.31. The summed E-state index contributed by atoms with van der Waals surface area (Å²) in [6, 6.07) is 10.0. The first-order valence-electron chi connectivity index (χ1n) is 11.6.